The Kier molecular flexibility index (Phi) is 4.17. The quantitative estimate of drug-likeness (QED) is 0.910. The first-order valence-corrected chi connectivity index (χ1v) is 6.31. The molecule has 2 aromatic rings. The number of hydrogen-bond acceptors (Lipinski definition) is 2. The summed E-state index contributed by atoms with van der Waals surface area (Å²) in [4.78, 5) is 0. The maximum absolute atomic E-state index is 13.6. The molecular formula is C16H18FNO. The van der Waals surface area contributed by atoms with E-state index in [2.05, 4.69) is 0 Å². The first-order valence-electron chi connectivity index (χ1n) is 6.31. The molecule has 100 valence electrons. The molecular weight excluding hydrogens is 241 g/mol. The lowest BCUT2D eigenvalue weighted by Crippen LogP contribution is -2.29. The van der Waals surface area contributed by atoms with Gasteiger partial charge in [-0.25, -0.2) is 4.39 Å². The average Bonchev–Trinajstić information content (AvgIpc) is 2.43. The highest BCUT2D eigenvalue weighted by Crippen LogP contribution is 2.23. The van der Waals surface area contributed by atoms with Crippen LogP contribution in [0.4, 0.5) is 4.39 Å². The maximum atomic E-state index is 13.6. The lowest BCUT2D eigenvalue weighted by Gasteiger charge is -2.22. The summed E-state index contributed by atoms with van der Waals surface area (Å²) in [5, 5.41) is 0. The molecule has 0 spiro atoms. The molecule has 0 amide bonds. The van der Waals surface area contributed by atoms with Gasteiger partial charge in [0.15, 0.2) is 11.6 Å². The zero-order valence-electron chi connectivity index (χ0n) is 11.1. The van der Waals surface area contributed by atoms with Crippen LogP contribution in [-0.4, -0.2) is 6.10 Å². The van der Waals surface area contributed by atoms with E-state index in [-0.39, 0.29) is 23.7 Å². The Morgan fingerprint density at radius 3 is 2.47 bits per heavy atom. The van der Waals surface area contributed by atoms with Gasteiger partial charge in [-0.2, -0.15) is 0 Å². The summed E-state index contributed by atoms with van der Waals surface area (Å²) in [6.45, 7) is 3.74. The van der Waals surface area contributed by atoms with E-state index >= 15 is 0 Å². The van der Waals surface area contributed by atoms with E-state index in [0.717, 1.165) is 11.1 Å². The number of halogens is 1. The fraction of sp³-hybridized carbons (Fsp3) is 0.250. The van der Waals surface area contributed by atoms with Crippen molar-refractivity contribution in [1.82, 2.24) is 0 Å². The third-order valence-electron chi connectivity index (χ3n) is 3.09. The zero-order chi connectivity index (χ0) is 13.8. The lowest BCUT2D eigenvalue weighted by molar-refractivity contribution is 0.182. The standard InChI is InChI=1S/C16H18FNO/c1-11-8-9-14(17)15(10-11)19-12(2)16(18)13-6-4-3-5-7-13/h3-10,12,16H,18H2,1-2H3. The summed E-state index contributed by atoms with van der Waals surface area (Å²) in [6, 6.07) is 14.2. The van der Waals surface area contributed by atoms with Gasteiger partial charge in [-0.05, 0) is 37.1 Å². The van der Waals surface area contributed by atoms with Crippen molar-refractivity contribution in [1.29, 1.82) is 0 Å². The molecule has 0 aliphatic heterocycles. The second-order valence-electron chi connectivity index (χ2n) is 4.69. The van der Waals surface area contributed by atoms with Gasteiger partial charge in [-0.15, -0.1) is 0 Å². The van der Waals surface area contributed by atoms with E-state index in [0.29, 0.717) is 0 Å². The second-order valence-corrected chi connectivity index (χ2v) is 4.69. The van der Waals surface area contributed by atoms with Crippen LogP contribution < -0.4 is 10.5 Å². The van der Waals surface area contributed by atoms with Gasteiger partial charge in [0.25, 0.3) is 0 Å². The number of benzene rings is 2. The Hall–Kier alpha value is -1.87. The van der Waals surface area contributed by atoms with Crippen molar-refractivity contribution in [3.63, 3.8) is 0 Å². The van der Waals surface area contributed by atoms with Gasteiger partial charge in [0.2, 0.25) is 0 Å². The Morgan fingerprint density at radius 1 is 1.11 bits per heavy atom. The number of nitrogens with two attached hydrogens (primary N) is 1. The maximum Gasteiger partial charge on any atom is 0.165 e. The molecule has 2 atom stereocenters. The predicted octanol–water partition coefficient (Wildman–Crippen LogP) is 3.60. The lowest BCUT2D eigenvalue weighted by atomic mass is 10.0. The van der Waals surface area contributed by atoms with E-state index in [4.69, 9.17) is 10.5 Å². The predicted molar refractivity (Wildman–Crippen MR) is 74.6 cm³/mol. The molecule has 19 heavy (non-hydrogen) atoms. The Bertz CT molecular complexity index is 542. The zero-order valence-corrected chi connectivity index (χ0v) is 11.1. The molecule has 0 fully saturated rings. The molecule has 0 aliphatic rings. The van der Waals surface area contributed by atoms with E-state index in [1.165, 1.54) is 6.07 Å². The fourth-order valence-electron chi connectivity index (χ4n) is 1.92. The third kappa shape index (κ3) is 3.32. The molecule has 2 aromatic carbocycles. The Balaban J connectivity index is 2.12. The van der Waals surface area contributed by atoms with Crippen LogP contribution in [0.25, 0.3) is 0 Å². The smallest absolute Gasteiger partial charge is 0.165 e. The first-order chi connectivity index (χ1) is 9.08. The summed E-state index contributed by atoms with van der Waals surface area (Å²) in [5.74, 6) is -0.114. The van der Waals surface area contributed by atoms with E-state index in [1.54, 1.807) is 12.1 Å². The van der Waals surface area contributed by atoms with Gasteiger partial charge < -0.3 is 10.5 Å². The molecule has 0 saturated heterocycles. The van der Waals surface area contributed by atoms with E-state index in [1.807, 2.05) is 44.2 Å². The summed E-state index contributed by atoms with van der Waals surface area (Å²) in [7, 11) is 0. The van der Waals surface area contributed by atoms with Crippen molar-refractivity contribution < 1.29 is 9.13 Å². The first kappa shape index (κ1) is 13.6. The number of rotatable bonds is 4. The fourth-order valence-corrected chi connectivity index (χ4v) is 1.92. The molecule has 2 rings (SSSR count). The van der Waals surface area contributed by atoms with Crippen molar-refractivity contribution in [2.75, 3.05) is 0 Å². The summed E-state index contributed by atoms with van der Waals surface area (Å²) >= 11 is 0. The molecule has 2 N–H and O–H groups in total. The van der Waals surface area contributed by atoms with Crippen molar-refractivity contribution in [3.8, 4) is 5.75 Å². The summed E-state index contributed by atoms with van der Waals surface area (Å²) < 4.78 is 19.3. The van der Waals surface area contributed by atoms with Crippen molar-refractivity contribution in [2.45, 2.75) is 26.0 Å². The second kappa shape index (κ2) is 5.85. The topological polar surface area (TPSA) is 35.2 Å². The van der Waals surface area contributed by atoms with Gasteiger partial charge in [-0.3, -0.25) is 0 Å². The van der Waals surface area contributed by atoms with Crippen LogP contribution >= 0.6 is 0 Å². The van der Waals surface area contributed by atoms with Gasteiger partial charge >= 0.3 is 0 Å². The normalized spacial score (nSPS) is 13.9. The van der Waals surface area contributed by atoms with Crippen LogP contribution in [0.3, 0.4) is 0 Å². The van der Waals surface area contributed by atoms with Crippen LogP contribution in [0.1, 0.15) is 24.1 Å². The van der Waals surface area contributed by atoms with Gasteiger partial charge in [0, 0.05) is 0 Å². The van der Waals surface area contributed by atoms with Crippen LogP contribution in [0, 0.1) is 12.7 Å². The minimum Gasteiger partial charge on any atom is -0.486 e. The number of aryl methyl sites for hydroxylation is 1. The summed E-state index contributed by atoms with van der Waals surface area (Å²) in [5.41, 5.74) is 8.06. The van der Waals surface area contributed by atoms with Crippen molar-refractivity contribution in [2.24, 2.45) is 5.73 Å². The highest BCUT2D eigenvalue weighted by molar-refractivity contribution is 5.30. The van der Waals surface area contributed by atoms with Crippen LogP contribution in [0.15, 0.2) is 48.5 Å². The largest absolute Gasteiger partial charge is 0.486 e. The molecule has 0 heterocycles. The molecule has 0 radical (unpaired) electrons. The molecule has 0 aromatic heterocycles. The molecule has 2 nitrogen and oxygen atoms in total. The highest BCUT2D eigenvalue weighted by Gasteiger charge is 2.17. The molecule has 0 bridgehead atoms. The summed E-state index contributed by atoms with van der Waals surface area (Å²) in [6.07, 6.45) is -0.307. The Labute approximate surface area is 113 Å². The van der Waals surface area contributed by atoms with Crippen LogP contribution in [0.2, 0.25) is 0 Å². The van der Waals surface area contributed by atoms with Gasteiger partial charge in [0.05, 0.1) is 6.04 Å². The number of ether oxygens (including phenoxy) is 1. The monoisotopic (exact) mass is 259 g/mol. The van der Waals surface area contributed by atoms with Crippen LogP contribution in [0.5, 0.6) is 5.75 Å². The molecule has 0 saturated carbocycles. The van der Waals surface area contributed by atoms with Crippen molar-refractivity contribution >= 4 is 0 Å². The minimum atomic E-state index is -0.363. The van der Waals surface area contributed by atoms with E-state index in [9.17, 15) is 4.39 Å². The average molecular weight is 259 g/mol. The van der Waals surface area contributed by atoms with Crippen molar-refractivity contribution in [3.05, 3.63) is 65.5 Å². The minimum absolute atomic E-state index is 0.249. The van der Waals surface area contributed by atoms with Gasteiger partial charge in [0.1, 0.15) is 6.10 Å². The van der Waals surface area contributed by atoms with Gasteiger partial charge in [-0.1, -0.05) is 36.4 Å². The van der Waals surface area contributed by atoms with Crippen LogP contribution in [-0.2, 0) is 0 Å². The van der Waals surface area contributed by atoms with E-state index < -0.39 is 0 Å². The Morgan fingerprint density at radius 2 is 1.79 bits per heavy atom. The number of hydrogen-bond donors (Lipinski definition) is 1. The molecule has 3 heteroatoms. The third-order valence-corrected chi connectivity index (χ3v) is 3.09. The highest BCUT2D eigenvalue weighted by atomic mass is 19.1. The SMILES string of the molecule is Cc1ccc(F)c(OC(C)C(N)c2ccccc2)c1. The molecule has 2 unspecified atom stereocenters. The molecule has 0 aliphatic carbocycles.